The molecule has 1 saturated carbocycles. The monoisotopic (exact) mass is 419 g/mol. The summed E-state index contributed by atoms with van der Waals surface area (Å²) >= 11 is 7.10. The second kappa shape index (κ2) is 8.51. The number of hydrogen-bond acceptors (Lipinski definition) is 3. The van der Waals surface area contributed by atoms with Crippen LogP contribution in [-0.4, -0.2) is 24.4 Å². The normalized spacial score (nSPS) is 22.3. The lowest BCUT2D eigenvalue weighted by molar-refractivity contribution is 0.152. The summed E-state index contributed by atoms with van der Waals surface area (Å²) in [6.45, 7) is 3.68. The van der Waals surface area contributed by atoms with E-state index in [-0.39, 0.29) is 6.61 Å². The molecule has 21 heavy (non-hydrogen) atoms. The molecule has 0 radical (unpaired) electrons. The van der Waals surface area contributed by atoms with Gasteiger partial charge >= 0.3 is 0 Å². The first kappa shape index (κ1) is 17.3. The molecule has 0 spiro atoms. The van der Waals surface area contributed by atoms with E-state index < -0.39 is 0 Å². The second-order valence-corrected chi connectivity index (χ2v) is 7.29. The number of rotatable bonds is 6. The van der Waals surface area contributed by atoms with Crippen molar-refractivity contribution in [3.05, 3.63) is 26.6 Å². The van der Waals surface area contributed by atoms with Gasteiger partial charge in [-0.05, 0) is 53.7 Å². The summed E-state index contributed by atoms with van der Waals surface area (Å²) < 4.78 is 7.77. The van der Waals surface area contributed by atoms with Gasteiger partial charge in [-0.15, -0.1) is 0 Å². The lowest BCUT2D eigenvalue weighted by Gasteiger charge is -2.31. The molecular formula is C16H23Br2NO2. The van der Waals surface area contributed by atoms with Crippen molar-refractivity contribution < 1.29 is 9.84 Å². The van der Waals surface area contributed by atoms with Crippen molar-refractivity contribution in [3.63, 3.8) is 0 Å². The van der Waals surface area contributed by atoms with E-state index in [0.29, 0.717) is 18.6 Å². The molecule has 2 rings (SSSR count). The quantitative estimate of drug-likeness (QED) is 0.722. The predicted octanol–water partition coefficient (Wildman–Crippen LogP) is 4.25. The van der Waals surface area contributed by atoms with Crippen molar-refractivity contribution in [2.75, 3.05) is 13.2 Å². The summed E-state index contributed by atoms with van der Waals surface area (Å²) in [6.07, 6.45) is 4.74. The van der Waals surface area contributed by atoms with Crippen LogP contribution in [0.2, 0.25) is 0 Å². The van der Waals surface area contributed by atoms with Crippen LogP contribution in [0.3, 0.4) is 0 Å². The molecule has 2 unspecified atom stereocenters. The Kier molecular flexibility index (Phi) is 6.99. The molecule has 0 saturated heterocycles. The topological polar surface area (TPSA) is 41.5 Å². The molecule has 3 nitrogen and oxygen atoms in total. The molecule has 5 heteroatoms. The lowest BCUT2D eigenvalue weighted by atomic mass is 9.85. The number of aliphatic hydroxyl groups is 1. The van der Waals surface area contributed by atoms with Crippen molar-refractivity contribution in [2.24, 2.45) is 5.92 Å². The number of halogens is 2. The van der Waals surface area contributed by atoms with Crippen LogP contribution < -0.4 is 10.1 Å². The van der Waals surface area contributed by atoms with E-state index in [1.165, 1.54) is 12.8 Å². The van der Waals surface area contributed by atoms with Gasteiger partial charge in [0.2, 0.25) is 0 Å². The fourth-order valence-electron chi connectivity index (χ4n) is 2.99. The number of nitrogens with one attached hydrogen (secondary N) is 1. The van der Waals surface area contributed by atoms with Gasteiger partial charge in [-0.25, -0.2) is 0 Å². The summed E-state index contributed by atoms with van der Waals surface area (Å²) in [5, 5.41) is 13.1. The van der Waals surface area contributed by atoms with Crippen molar-refractivity contribution >= 4 is 31.9 Å². The zero-order valence-corrected chi connectivity index (χ0v) is 15.5. The minimum Gasteiger partial charge on any atom is -0.492 e. The Hall–Kier alpha value is -0.100. The van der Waals surface area contributed by atoms with Crippen LogP contribution in [0.4, 0.5) is 0 Å². The molecule has 2 atom stereocenters. The lowest BCUT2D eigenvalue weighted by Crippen LogP contribution is -2.39. The van der Waals surface area contributed by atoms with Crippen molar-refractivity contribution in [3.8, 4) is 5.75 Å². The summed E-state index contributed by atoms with van der Waals surface area (Å²) in [5.74, 6) is 1.29. The molecule has 0 heterocycles. The van der Waals surface area contributed by atoms with Crippen LogP contribution in [0.25, 0.3) is 0 Å². The van der Waals surface area contributed by atoms with Crippen LogP contribution >= 0.6 is 31.9 Å². The van der Waals surface area contributed by atoms with E-state index in [9.17, 15) is 5.11 Å². The van der Waals surface area contributed by atoms with Crippen LogP contribution in [0.5, 0.6) is 5.75 Å². The summed E-state index contributed by atoms with van der Waals surface area (Å²) in [5.41, 5.74) is 1.14. The van der Waals surface area contributed by atoms with Gasteiger partial charge in [-0.1, -0.05) is 28.8 Å². The average molecular weight is 421 g/mol. The van der Waals surface area contributed by atoms with E-state index in [1.807, 2.05) is 13.0 Å². The average Bonchev–Trinajstić information content (AvgIpc) is 2.48. The Bertz CT molecular complexity index is 468. The zero-order chi connectivity index (χ0) is 15.2. The van der Waals surface area contributed by atoms with Crippen LogP contribution in [0, 0.1) is 5.92 Å². The van der Waals surface area contributed by atoms with Gasteiger partial charge in [0.25, 0.3) is 0 Å². The van der Waals surface area contributed by atoms with Crippen LogP contribution in [-0.2, 0) is 6.54 Å². The molecule has 1 aromatic carbocycles. The van der Waals surface area contributed by atoms with Crippen molar-refractivity contribution in [1.82, 2.24) is 5.32 Å². The van der Waals surface area contributed by atoms with E-state index in [1.54, 1.807) is 0 Å². The Morgan fingerprint density at radius 2 is 2.05 bits per heavy atom. The highest BCUT2D eigenvalue weighted by atomic mass is 79.9. The summed E-state index contributed by atoms with van der Waals surface area (Å²) in [4.78, 5) is 0. The first-order valence-electron chi connectivity index (χ1n) is 7.60. The molecule has 0 aliphatic heterocycles. The first-order valence-corrected chi connectivity index (χ1v) is 9.19. The maximum Gasteiger partial charge on any atom is 0.138 e. The fraction of sp³-hybridized carbons (Fsp3) is 0.625. The SMILES string of the molecule is CCOc1c(Br)cc(Br)cc1CNC1CCCCC1CO. The number of hydrogen-bond donors (Lipinski definition) is 2. The van der Waals surface area contributed by atoms with Crippen molar-refractivity contribution in [1.29, 1.82) is 0 Å². The highest BCUT2D eigenvalue weighted by molar-refractivity contribution is 9.11. The number of ether oxygens (including phenoxy) is 1. The van der Waals surface area contributed by atoms with Crippen LogP contribution in [0.15, 0.2) is 21.1 Å². The molecule has 2 N–H and O–H groups in total. The fourth-order valence-corrected chi connectivity index (χ4v) is 4.42. The zero-order valence-electron chi connectivity index (χ0n) is 12.4. The third-order valence-corrected chi connectivity index (χ3v) is 5.12. The molecule has 1 aromatic rings. The van der Waals surface area contributed by atoms with E-state index >= 15 is 0 Å². The maximum atomic E-state index is 9.51. The predicted molar refractivity (Wildman–Crippen MR) is 92.7 cm³/mol. The number of benzene rings is 1. The minimum atomic E-state index is 0.276. The van der Waals surface area contributed by atoms with Gasteiger partial charge in [0.1, 0.15) is 5.75 Å². The highest BCUT2D eigenvalue weighted by Crippen LogP contribution is 2.33. The van der Waals surface area contributed by atoms with Gasteiger partial charge < -0.3 is 15.2 Å². The Morgan fingerprint density at radius 1 is 1.29 bits per heavy atom. The van der Waals surface area contributed by atoms with Gasteiger partial charge in [0.15, 0.2) is 0 Å². The van der Waals surface area contributed by atoms with E-state index in [2.05, 4.69) is 43.2 Å². The standard InChI is InChI=1S/C16H23Br2NO2/c1-2-21-16-12(7-13(17)8-14(16)18)9-19-15-6-4-3-5-11(15)10-20/h7-8,11,15,19-20H,2-6,9-10H2,1H3. The Morgan fingerprint density at radius 3 is 2.76 bits per heavy atom. The van der Waals surface area contributed by atoms with Gasteiger partial charge in [-0.3, -0.25) is 0 Å². The molecule has 0 aromatic heterocycles. The molecule has 1 fully saturated rings. The maximum absolute atomic E-state index is 9.51. The Labute approximate surface area is 143 Å². The second-order valence-electron chi connectivity index (χ2n) is 5.52. The highest BCUT2D eigenvalue weighted by Gasteiger charge is 2.24. The summed E-state index contributed by atoms with van der Waals surface area (Å²) in [7, 11) is 0. The number of aliphatic hydroxyl groups excluding tert-OH is 1. The molecule has 0 bridgehead atoms. The molecule has 1 aliphatic carbocycles. The third-order valence-electron chi connectivity index (χ3n) is 4.07. The van der Waals surface area contributed by atoms with E-state index in [0.717, 1.165) is 39.6 Å². The van der Waals surface area contributed by atoms with Gasteiger partial charge in [0.05, 0.1) is 11.1 Å². The summed E-state index contributed by atoms with van der Waals surface area (Å²) in [6, 6.07) is 4.50. The Balaban J connectivity index is 2.07. The largest absolute Gasteiger partial charge is 0.492 e. The molecule has 118 valence electrons. The van der Waals surface area contributed by atoms with E-state index in [4.69, 9.17) is 4.74 Å². The molecule has 1 aliphatic rings. The molecular weight excluding hydrogens is 398 g/mol. The van der Waals surface area contributed by atoms with Gasteiger partial charge in [0, 0.05) is 29.2 Å². The van der Waals surface area contributed by atoms with Gasteiger partial charge in [-0.2, -0.15) is 0 Å². The van der Waals surface area contributed by atoms with Crippen LogP contribution in [0.1, 0.15) is 38.2 Å². The molecule has 0 amide bonds. The smallest absolute Gasteiger partial charge is 0.138 e. The first-order chi connectivity index (χ1) is 10.2. The van der Waals surface area contributed by atoms with Crippen molar-refractivity contribution in [2.45, 2.75) is 45.2 Å². The minimum absolute atomic E-state index is 0.276. The third kappa shape index (κ3) is 4.68.